The van der Waals surface area contributed by atoms with E-state index in [9.17, 15) is 14.3 Å². The van der Waals surface area contributed by atoms with Gasteiger partial charge in [-0.05, 0) is 62.1 Å². The fraction of sp³-hybridized carbons (Fsp3) is 0.318. The van der Waals surface area contributed by atoms with Crippen molar-refractivity contribution < 1.29 is 19.0 Å². The molecule has 164 valence electrons. The number of nitrogens with one attached hydrogen (secondary N) is 2. The first-order valence-electron chi connectivity index (χ1n) is 9.61. The molecule has 0 atom stereocenters. The molecular weight excluding hydrogens is 387 g/mol. The van der Waals surface area contributed by atoms with Crippen molar-refractivity contribution in [3.05, 3.63) is 59.6 Å². The number of halogens is 1. The summed E-state index contributed by atoms with van der Waals surface area (Å²) in [4.78, 5) is 12.8. The van der Waals surface area contributed by atoms with Crippen molar-refractivity contribution in [1.29, 1.82) is 0 Å². The number of nitrogen functional groups attached to an aromatic ring is 1. The molecule has 1 fully saturated rings. The number of hydrogen-bond acceptors (Lipinski definition) is 5. The SMILES string of the molecule is C1CCOCC1.C=CC(=O)NC.Cc1c[nH]c(N)c1/C=C(\N)c1cc(F)ccc1O. The number of likely N-dealkylation sites (N-methyl/N-ethyl adjacent to an activating group) is 1. The minimum absolute atomic E-state index is 0.0723. The molecule has 2 aromatic rings. The van der Waals surface area contributed by atoms with E-state index in [-0.39, 0.29) is 22.9 Å². The molecule has 7 nitrogen and oxygen atoms in total. The van der Waals surface area contributed by atoms with Crippen LogP contribution in [0.4, 0.5) is 10.2 Å². The maximum absolute atomic E-state index is 13.1. The molecule has 1 aromatic heterocycles. The molecule has 1 aromatic carbocycles. The van der Waals surface area contributed by atoms with E-state index in [1.807, 2.05) is 6.92 Å². The van der Waals surface area contributed by atoms with Gasteiger partial charge in [0.15, 0.2) is 0 Å². The van der Waals surface area contributed by atoms with Gasteiger partial charge in [0, 0.05) is 43.3 Å². The number of nitrogens with two attached hydrogens (primary N) is 2. The summed E-state index contributed by atoms with van der Waals surface area (Å²) >= 11 is 0. The van der Waals surface area contributed by atoms with Crippen LogP contribution < -0.4 is 16.8 Å². The van der Waals surface area contributed by atoms with Crippen LogP contribution in [-0.2, 0) is 9.53 Å². The molecule has 1 amide bonds. The summed E-state index contributed by atoms with van der Waals surface area (Å²) in [5.41, 5.74) is 13.8. The number of aromatic amines is 1. The van der Waals surface area contributed by atoms with Crippen LogP contribution in [0.3, 0.4) is 0 Å². The minimum Gasteiger partial charge on any atom is -0.507 e. The van der Waals surface area contributed by atoms with Crippen molar-refractivity contribution in [2.24, 2.45) is 5.73 Å². The van der Waals surface area contributed by atoms with Gasteiger partial charge in [-0.1, -0.05) is 6.58 Å². The monoisotopic (exact) mass is 418 g/mol. The number of ether oxygens (including phenoxy) is 1. The Kier molecular flexibility index (Phi) is 10.8. The second-order valence-corrected chi connectivity index (χ2v) is 6.55. The number of amides is 1. The molecule has 3 rings (SSSR count). The number of aryl methyl sites for hydroxylation is 1. The highest BCUT2D eigenvalue weighted by Crippen LogP contribution is 2.26. The van der Waals surface area contributed by atoms with Gasteiger partial charge in [0.05, 0.1) is 0 Å². The van der Waals surface area contributed by atoms with Crippen molar-refractivity contribution in [2.75, 3.05) is 26.0 Å². The smallest absolute Gasteiger partial charge is 0.243 e. The molecule has 30 heavy (non-hydrogen) atoms. The number of carbonyl (C=O) groups is 1. The summed E-state index contributed by atoms with van der Waals surface area (Å²) < 4.78 is 18.2. The third-order valence-electron chi connectivity index (χ3n) is 4.24. The normalized spacial score (nSPS) is 13.2. The first kappa shape index (κ1) is 24.8. The van der Waals surface area contributed by atoms with Crippen molar-refractivity contribution in [2.45, 2.75) is 26.2 Å². The number of hydrogen-bond donors (Lipinski definition) is 5. The van der Waals surface area contributed by atoms with E-state index in [1.54, 1.807) is 19.3 Å². The molecule has 0 unspecified atom stereocenters. The second-order valence-electron chi connectivity index (χ2n) is 6.55. The van der Waals surface area contributed by atoms with Crippen molar-refractivity contribution >= 4 is 23.5 Å². The minimum atomic E-state index is -0.460. The van der Waals surface area contributed by atoms with Gasteiger partial charge in [-0.2, -0.15) is 0 Å². The van der Waals surface area contributed by atoms with Gasteiger partial charge in [-0.15, -0.1) is 0 Å². The van der Waals surface area contributed by atoms with Gasteiger partial charge >= 0.3 is 0 Å². The van der Waals surface area contributed by atoms with E-state index in [0.29, 0.717) is 5.82 Å². The number of aromatic hydroxyl groups is 1. The largest absolute Gasteiger partial charge is 0.507 e. The number of benzene rings is 1. The van der Waals surface area contributed by atoms with E-state index in [1.165, 1.54) is 43.5 Å². The van der Waals surface area contributed by atoms with Crippen LogP contribution >= 0.6 is 0 Å². The Morgan fingerprint density at radius 2 is 2.00 bits per heavy atom. The van der Waals surface area contributed by atoms with Crippen LogP contribution in [0.25, 0.3) is 11.8 Å². The zero-order valence-corrected chi connectivity index (χ0v) is 17.5. The maximum Gasteiger partial charge on any atom is 0.243 e. The highest BCUT2D eigenvalue weighted by Gasteiger charge is 2.08. The van der Waals surface area contributed by atoms with Crippen LogP contribution in [0.15, 0.2) is 37.1 Å². The Bertz CT molecular complexity index is 827. The Labute approximate surface area is 176 Å². The van der Waals surface area contributed by atoms with Crippen molar-refractivity contribution in [3.8, 4) is 5.75 Å². The average Bonchev–Trinajstić information content (AvgIpc) is 3.08. The Hall–Kier alpha value is -3.26. The molecule has 1 aliphatic heterocycles. The van der Waals surface area contributed by atoms with Gasteiger partial charge in [0.2, 0.25) is 5.91 Å². The summed E-state index contributed by atoms with van der Waals surface area (Å²) in [7, 11) is 1.56. The predicted octanol–water partition coefficient (Wildman–Crippen LogP) is 3.31. The van der Waals surface area contributed by atoms with Crippen LogP contribution in [0.5, 0.6) is 5.75 Å². The lowest BCUT2D eigenvalue weighted by Gasteiger charge is -2.08. The molecule has 0 aliphatic carbocycles. The highest BCUT2D eigenvalue weighted by molar-refractivity contribution is 5.86. The molecule has 0 radical (unpaired) electrons. The van der Waals surface area contributed by atoms with Gasteiger partial charge in [0.1, 0.15) is 17.4 Å². The number of carbonyl (C=O) groups excluding carboxylic acids is 1. The number of aromatic nitrogens is 1. The maximum atomic E-state index is 13.1. The van der Waals surface area contributed by atoms with Crippen LogP contribution in [0.2, 0.25) is 0 Å². The lowest BCUT2D eigenvalue weighted by atomic mass is 10.1. The Morgan fingerprint density at radius 3 is 2.40 bits per heavy atom. The van der Waals surface area contributed by atoms with Crippen LogP contribution in [-0.4, -0.2) is 36.3 Å². The molecule has 0 saturated carbocycles. The number of phenolic OH excluding ortho intramolecular Hbond substituents is 1. The number of H-pyrrole nitrogens is 1. The van der Waals surface area contributed by atoms with E-state index < -0.39 is 5.82 Å². The summed E-state index contributed by atoms with van der Waals surface area (Å²) in [6.07, 6.45) is 8.51. The van der Waals surface area contributed by atoms with Crippen LogP contribution in [0, 0.1) is 12.7 Å². The molecule has 8 heteroatoms. The molecule has 0 spiro atoms. The Morgan fingerprint density at radius 1 is 1.33 bits per heavy atom. The Balaban J connectivity index is 0.000000306. The van der Waals surface area contributed by atoms with E-state index >= 15 is 0 Å². The average molecular weight is 419 g/mol. The fourth-order valence-electron chi connectivity index (χ4n) is 2.51. The first-order valence-corrected chi connectivity index (χ1v) is 9.61. The molecule has 1 saturated heterocycles. The third kappa shape index (κ3) is 8.40. The van der Waals surface area contributed by atoms with E-state index in [2.05, 4.69) is 16.9 Å². The summed E-state index contributed by atoms with van der Waals surface area (Å²) in [5.74, 6) is -0.198. The summed E-state index contributed by atoms with van der Waals surface area (Å²) in [5, 5.41) is 12.0. The molecule has 1 aliphatic rings. The predicted molar refractivity (Wildman–Crippen MR) is 119 cm³/mol. The zero-order valence-electron chi connectivity index (χ0n) is 17.5. The van der Waals surface area contributed by atoms with Gasteiger partial charge in [-0.25, -0.2) is 4.39 Å². The van der Waals surface area contributed by atoms with E-state index in [4.69, 9.17) is 16.2 Å². The fourth-order valence-corrected chi connectivity index (χ4v) is 2.51. The van der Waals surface area contributed by atoms with Gasteiger partial charge in [-0.3, -0.25) is 4.79 Å². The standard InChI is InChI=1S/C13H14FN3O.C5H10O.C4H7NO/c1-7-6-17-13(16)9(7)5-11(15)10-4-8(14)2-3-12(10)18;1-2-4-6-5-3-1;1-3-4(6)5-2/h2-6,17-18H,15-16H2,1H3;1-5H2;3H,1H2,2H3,(H,5,6)/b11-5-;;. The van der Waals surface area contributed by atoms with Gasteiger partial charge in [0.25, 0.3) is 0 Å². The third-order valence-corrected chi connectivity index (χ3v) is 4.24. The van der Waals surface area contributed by atoms with E-state index in [0.717, 1.165) is 24.3 Å². The quantitative estimate of drug-likeness (QED) is 0.489. The summed E-state index contributed by atoms with van der Waals surface area (Å²) in [6.45, 7) is 7.09. The lowest BCUT2D eigenvalue weighted by molar-refractivity contribution is -0.116. The number of phenols is 1. The molecule has 2 heterocycles. The van der Waals surface area contributed by atoms with Crippen molar-refractivity contribution in [1.82, 2.24) is 10.3 Å². The molecular formula is C22H31FN4O3. The highest BCUT2D eigenvalue weighted by atomic mass is 19.1. The number of rotatable bonds is 3. The first-order chi connectivity index (χ1) is 14.3. The molecule has 7 N–H and O–H groups in total. The summed E-state index contributed by atoms with van der Waals surface area (Å²) in [6, 6.07) is 3.61. The number of anilines is 1. The second kappa shape index (κ2) is 13.1. The van der Waals surface area contributed by atoms with Crippen molar-refractivity contribution in [3.63, 3.8) is 0 Å². The van der Waals surface area contributed by atoms with Crippen LogP contribution in [0.1, 0.15) is 36.0 Å². The zero-order chi connectivity index (χ0) is 22.5. The lowest BCUT2D eigenvalue weighted by Crippen LogP contribution is -2.13. The molecule has 0 bridgehead atoms. The topological polar surface area (TPSA) is 126 Å². The van der Waals surface area contributed by atoms with Gasteiger partial charge < -0.3 is 31.6 Å².